The van der Waals surface area contributed by atoms with Crippen molar-refractivity contribution in [3.05, 3.63) is 11.8 Å². The molecule has 0 amide bonds. The lowest BCUT2D eigenvalue weighted by Gasteiger charge is -2.16. The number of hydrogen-bond donors (Lipinski definition) is 1. The van der Waals surface area contributed by atoms with Gasteiger partial charge in [-0.15, -0.1) is 0 Å². The summed E-state index contributed by atoms with van der Waals surface area (Å²) in [5.74, 6) is 0.873. The zero-order chi connectivity index (χ0) is 8.23. The minimum Gasteiger partial charge on any atom is -0.501 e. The molecule has 0 aromatic heterocycles. The highest BCUT2D eigenvalue weighted by molar-refractivity contribution is 5.02. The number of nitrogens with one attached hydrogen (secondary N) is 1. The second-order valence-electron chi connectivity index (χ2n) is 3.81. The van der Waals surface area contributed by atoms with Crippen LogP contribution in [0.15, 0.2) is 11.8 Å². The lowest BCUT2D eigenvalue weighted by Crippen LogP contribution is -2.10. The minimum atomic E-state index is 0.873. The molecule has 0 spiro atoms. The predicted octanol–water partition coefficient (Wildman–Crippen LogP) is 1.68. The van der Waals surface area contributed by atoms with Gasteiger partial charge in [-0.3, -0.25) is 0 Å². The van der Waals surface area contributed by atoms with E-state index in [-0.39, 0.29) is 0 Å². The van der Waals surface area contributed by atoms with Crippen molar-refractivity contribution < 1.29 is 4.74 Å². The molecule has 0 saturated carbocycles. The predicted molar refractivity (Wildman–Crippen MR) is 48.9 cm³/mol. The third-order valence-electron chi connectivity index (χ3n) is 2.72. The largest absolute Gasteiger partial charge is 0.501 e. The molecular formula is C10H17NO. The molecule has 2 rings (SSSR count). The Morgan fingerprint density at radius 2 is 2.58 bits per heavy atom. The van der Waals surface area contributed by atoms with Crippen LogP contribution in [0.25, 0.3) is 0 Å². The third-order valence-corrected chi connectivity index (χ3v) is 2.72. The average Bonchev–Trinajstić information content (AvgIpc) is 2.59. The van der Waals surface area contributed by atoms with Crippen molar-refractivity contribution >= 4 is 0 Å². The summed E-state index contributed by atoms with van der Waals surface area (Å²) < 4.78 is 5.31. The SMILES string of the molecule is C1=C(CC2CCNC2)CCCO1. The second-order valence-corrected chi connectivity index (χ2v) is 3.81. The molecule has 12 heavy (non-hydrogen) atoms. The van der Waals surface area contributed by atoms with E-state index in [1.807, 2.05) is 6.26 Å². The fourth-order valence-electron chi connectivity index (χ4n) is 2.03. The van der Waals surface area contributed by atoms with Crippen molar-refractivity contribution in [3.63, 3.8) is 0 Å². The highest BCUT2D eigenvalue weighted by Gasteiger charge is 2.16. The Hall–Kier alpha value is -0.500. The minimum absolute atomic E-state index is 0.873. The fourth-order valence-corrected chi connectivity index (χ4v) is 2.03. The van der Waals surface area contributed by atoms with Gasteiger partial charge in [-0.1, -0.05) is 0 Å². The monoisotopic (exact) mass is 167 g/mol. The van der Waals surface area contributed by atoms with E-state index < -0.39 is 0 Å². The fraction of sp³-hybridized carbons (Fsp3) is 0.800. The molecule has 1 N–H and O–H groups in total. The van der Waals surface area contributed by atoms with E-state index in [1.165, 1.54) is 44.3 Å². The third kappa shape index (κ3) is 2.01. The molecule has 2 aliphatic heterocycles. The molecule has 2 nitrogen and oxygen atoms in total. The number of rotatable bonds is 2. The van der Waals surface area contributed by atoms with Crippen LogP contribution in [0.5, 0.6) is 0 Å². The van der Waals surface area contributed by atoms with Gasteiger partial charge in [0.2, 0.25) is 0 Å². The molecule has 0 aromatic rings. The van der Waals surface area contributed by atoms with E-state index in [0.29, 0.717) is 0 Å². The lowest BCUT2D eigenvalue weighted by molar-refractivity contribution is 0.221. The summed E-state index contributed by atoms with van der Waals surface area (Å²) in [6.45, 7) is 3.34. The highest BCUT2D eigenvalue weighted by atomic mass is 16.5. The molecule has 2 aliphatic rings. The molecule has 1 fully saturated rings. The van der Waals surface area contributed by atoms with Crippen LogP contribution in [0.1, 0.15) is 25.7 Å². The first-order chi connectivity index (χ1) is 5.95. The van der Waals surface area contributed by atoms with E-state index in [2.05, 4.69) is 5.32 Å². The first kappa shape index (κ1) is 8.11. The van der Waals surface area contributed by atoms with E-state index in [9.17, 15) is 0 Å². The van der Waals surface area contributed by atoms with Crippen molar-refractivity contribution in [2.24, 2.45) is 5.92 Å². The standard InChI is InChI=1S/C10H17NO/c1-2-10(8-12-5-1)6-9-3-4-11-7-9/h8-9,11H,1-7H2. The van der Waals surface area contributed by atoms with Crippen molar-refractivity contribution in [1.82, 2.24) is 5.32 Å². The molecule has 1 atom stereocenters. The Morgan fingerprint density at radius 3 is 3.25 bits per heavy atom. The maximum absolute atomic E-state index is 5.31. The first-order valence-electron chi connectivity index (χ1n) is 4.95. The summed E-state index contributed by atoms with van der Waals surface area (Å²) in [5, 5.41) is 3.39. The number of hydrogen-bond acceptors (Lipinski definition) is 2. The van der Waals surface area contributed by atoms with Crippen molar-refractivity contribution in [2.75, 3.05) is 19.7 Å². The Bertz CT molecular complexity index is 171. The molecule has 2 heteroatoms. The molecule has 0 aliphatic carbocycles. The molecule has 2 heterocycles. The number of ether oxygens (including phenoxy) is 1. The van der Waals surface area contributed by atoms with Crippen LogP contribution in [0.3, 0.4) is 0 Å². The van der Waals surface area contributed by atoms with E-state index in [0.717, 1.165) is 12.5 Å². The molecule has 0 aromatic carbocycles. The molecule has 68 valence electrons. The van der Waals surface area contributed by atoms with E-state index >= 15 is 0 Å². The summed E-state index contributed by atoms with van der Waals surface area (Å²) in [6, 6.07) is 0. The van der Waals surface area contributed by atoms with Gasteiger partial charge in [0.1, 0.15) is 0 Å². The van der Waals surface area contributed by atoms with Gasteiger partial charge in [-0.05, 0) is 50.3 Å². The zero-order valence-electron chi connectivity index (χ0n) is 7.51. The quantitative estimate of drug-likeness (QED) is 0.675. The van der Waals surface area contributed by atoms with Crippen LogP contribution in [0, 0.1) is 5.92 Å². The summed E-state index contributed by atoms with van der Waals surface area (Å²) in [4.78, 5) is 0. The van der Waals surface area contributed by atoms with Crippen molar-refractivity contribution in [2.45, 2.75) is 25.7 Å². The van der Waals surface area contributed by atoms with Crippen molar-refractivity contribution in [1.29, 1.82) is 0 Å². The maximum atomic E-state index is 5.31. The van der Waals surface area contributed by atoms with Crippen LogP contribution >= 0.6 is 0 Å². The lowest BCUT2D eigenvalue weighted by atomic mass is 9.96. The van der Waals surface area contributed by atoms with Gasteiger partial charge in [0, 0.05) is 0 Å². The van der Waals surface area contributed by atoms with Gasteiger partial charge in [0.15, 0.2) is 0 Å². The van der Waals surface area contributed by atoms with Crippen LogP contribution in [-0.4, -0.2) is 19.7 Å². The first-order valence-corrected chi connectivity index (χ1v) is 4.95. The van der Waals surface area contributed by atoms with Gasteiger partial charge < -0.3 is 10.1 Å². The second kappa shape index (κ2) is 3.94. The molecule has 1 unspecified atom stereocenters. The molecular weight excluding hydrogens is 150 g/mol. The topological polar surface area (TPSA) is 21.3 Å². The van der Waals surface area contributed by atoms with E-state index in [4.69, 9.17) is 4.74 Å². The van der Waals surface area contributed by atoms with Crippen molar-refractivity contribution in [3.8, 4) is 0 Å². The Morgan fingerprint density at radius 1 is 1.58 bits per heavy atom. The number of allylic oxidation sites excluding steroid dienone is 1. The van der Waals surface area contributed by atoms with Gasteiger partial charge >= 0.3 is 0 Å². The molecule has 0 bridgehead atoms. The summed E-state index contributed by atoms with van der Waals surface area (Å²) in [5.41, 5.74) is 1.52. The summed E-state index contributed by atoms with van der Waals surface area (Å²) in [7, 11) is 0. The Labute approximate surface area is 74.0 Å². The van der Waals surface area contributed by atoms with Gasteiger partial charge in [-0.2, -0.15) is 0 Å². The maximum Gasteiger partial charge on any atom is 0.0876 e. The van der Waals surface area contributed by atoms with Crippen LogP contribution in [0.4, 0.5) is 0 Å². The van der Waals surface area contributed by atoms with Gasteiger partial charge in [0.05, 0.1) is 12.9 Å². The van der Waals surface area contributed by atoms with Crippen LogP contribution in [0.2, 0.25) is 0 Å². The smallest absolute Gasteiger partial charge is 0.0876 e. The average molecular weight is 167 g/mol. The highest BCUT2D eigenvalue weighted by Crippen LogP contribution is 2.23. The molecule has 0 radical (unpaired) electrons. The normalized spacial score (nSPS) is 29.7. The molecule has 1 saturated heterocycles. The van der Waals surface area contributed by atoms with Crippen LogP contribution in [-0.2, 0) is 4.74 Å². The van der Waals surface area contributed by atoms with Gasteiger partial charge in [0.25, 0.3) is 0 Å². The zero-order valence-corrected chi connectivity index (χ0v) is 7.51. The Balaban J connectivity index is 1.80. The Kier molecular flexibility index (Phi) is 2.67. The summed E-state index contributed by atoms with van der Waals surface area (Å²) >= 11 is 0. The van der Waals surface area contributed by atoms with Crippen LogP contribution < -0.4 is 5.32 Å². The van der Waals surface area contributed by atoms with E-state index in [1.54, 1.807) is 0 Å². The van der Waals surface area contributed by atoms with Gasteiger partial charge in [-0.25, -0.2) is 0 Å². The summed E-state index contributed by atoms with van der Waals surface area (Å²) in [6.07, 6.45) is 7.06.